The first-order valence-electron chi connectivity index (χ1n) is 13.6. The van der Waals surface area contributed by atoms with Crippen LogP contribution < -0.4 is 0 Å². The van der Waals surface area contributed by atoms with Crippen LogP contribution in [0.25, 0.3) is 0 Å². The molecule has 0 saturated heterocycles. The molecule has 1 rings (SSSR count). The summed E-state index contributed by atoms with van der Waals surface area (Å²) in [6, 6.07) is 6.55. The van der Waals surface area contributed by atoms with Crippen molar-refractivity contribution in [1.82, 2.24) is 0 Å². The molecule has 0 heterocycles. The van der Waals surface area contributed by atoms with E-state index in [1.54, 1.807) is 24.3 Å². The number of unbranched alkanes of at least 4 members (excludes halogenated alkanes) is 12. The highest BCUT2D eigenvalue weighted by Crippen LogP contribution is 2.14. The Hall–Kier alpha value is -1.84. The number of carbonyl (C=O) groups is 2. The van der Waals surface area contributed by atoms with E-state index in [0.29, 0.717) is 30.3 Å². The van der Waals surface area contributed by atoms with Crippen molar-refractivity contribution >= 4 is 11.9 Å². The molecule has 0 atom stereocenters. The maximum atomic E-state index is 12.2. The Balaban J connectivity index is 2.07. The highest BCUT2D eigenvalue weighted by atomic mass is 16.5. The topological polar surface area (TPSA) is 52.6 Å². The fraction of sp³-hybridized carbons (Fsp3) is 0.724. The number of hydrogen-bond donors (Lipinski definition) is 0. The lowest BCUT2D eigenvalue weighted by atomic mass is 10.0. The molecule has 0 aliphatic heterocycles. The summed E-state index contributed by atoms with van der Waals surface area (Å²) in [5.74, 6) is -0.270. The molecule has 0 fully saturated rings. The van der Waals surface area contributed by atoms with Crippen molar-refractivity contribution in [3.05, 3.63) is 35.4 Å². The van der Waals surface area contributed by atoms with Gasteiger partial charge in [-0.05, 0) is 36.6 Å². The van der Waals surface area contributed by atoms with Gasteiger partial charge in [0, 0.05) is 0 Å². The van der Waals surface area contributed by atoms with Gasteiger partial charge in [-0.25, -0.2) is 9.59 Å². The number of benzene rings is 1. The Labute approximate surface area is 202 Å². The molecule has 0 bridgehead atoms. The molecule has 0 amide bonds. The van der Waals surface area contributed by atoms with E-state index in [-0.39, 0.29) is 11.9 Å². The first kappa shape index (κ1) is 29.2. The minimum absolute atomic E-state index is 0.328. The van der Waals surface area contributed by atoms with Crippen molar-refractivity contribution in [2.75, 3.05) is 13.2 Å². The van der Waals surface area contributed by atoms with Gasteiger partial charge in [-0.2, -0.15) is 0 Å². The zero-order valence-corrected chi connectivity index (χ0v) is 21.5. The SMILES string of the molecule is CCCCCCCCCCCCCCCOC(=O)c1ccc(C(=O)OCC(CC)CC)cc1. The summed E-state index contributed by atoms with van der Waals surface area (Å²) in [6.07, 6.45) is 18.8. The third-order valence-electron chi connectivity index (χ3n) is 6.44. The third-order valence-corrected chi connectivity index (χ3v) is 6.44. The molecule has 4 nitrogen and oxygen atoms in total. The van der Waals surface area contributed by atoms with Gasteiger partial charge in [-0.3, -0.25) is 0 Å². The van der Waals surface area contributed by atoms with E-state index < -0.39 is 0 Å². The molecule has 1 aromatic rings. The smallest absolute Gasteiger partial charge is 0.338 e. The maximum absolute atomic E-state index is 12.2. The second-order valence-corrected chi connectivity index (χ2v) is 9.24. The fourth-order valence-electron chi connectivity index (χ4n) is 3.91. The fourth-order valence-corrected chi connectivity index (χ4v) is 3.91. The van der Waals surface area contributed by atoms with Crippen molar-refractivity contribution < 1.29 is 19.1 Å². The van der Waals surface area contributed by atoms with Gasteiger partial charge in [-0.15, -0.1) is 0 Å². The van der Waals surface area contributed by atoms with E-state index in [4.69, 9.17) is 9.47 Å². The monoisotopic (exact) mass is 460 g/mol. The van der Waals surface area contributed by atoms with E-state index in [0.717, 1.165) is 25.7 Å². The minimum atomic E-state index is -0.339. The summed E-state index contributed by atoms with van der Waals surface area (Å²) < 4.78 is 10.8. The van der Waals surface area contributed by atoms with Crippen molar-refractivity contribution in [3.8, 4) is 0 Å². The second-order valence-electron chi connectivity index (χ2n) is 9.24. The summed E-state index contributed by atoms with van der Waals surface area (Å²) in [5, 5.41) is 0. The number of esters is 2. The minimum Gasteiger partial charge on any atom is -0.462 e. The predicted octanol–water partition coefficient (Wildman–Crippen LogP) is 8.53. The Kier molecular flexibility index (Phi) is 17.4. The Morgan fingerprint density at radius 3 is 1.42 bits per heavy atom. The molecule has 33 heavy (non-hydrogen) atoms. The first-order valence-corrected chi connectivity index (χ1v) is 13.6. The van der Waals surface area contributed by atoms with Crippen LogP contribution in [0.2, 0.25) is 0 Å². The standard InChI is InChI=1S/C29H48O4/c1-4-7-8-9-10-11-12-13-14-15-16-17-18-23-32-28(30)26-19-21-27(22-20-26)29(31)33-24-25(5-2)6-3/h19-22,25H,4-18,23-24H2,1-3H3. The lowest BCUT2D eigenvalue weighted by molar-refractivity contribution is 0.0430. The lowest BCUT2D eigenvalue weighted by Crippen LogP contribution is -2.13. The Bertz CT molecular complexity index is 619. The Morgan fingerprint density at radius 2 is 1.00 bits per heavy atom. The van der Waals surface area contributed by atoms with Gasteiger partial charge in [0.05, 0.1) is 24.3 Å². The van der Waals surface area contributed by atoms with Gasteiger partial charge in [0.25, 0.3) is 0 Å². The summed E-state index contributed by atoms with van der Waals surface area (Å²) in [7, 11) is 0. The maximum Gasteiger partial charge on any atom is 0.338 e. The molecule has 0 aliphatic rings. The van der Waals surface area contributed by atoms with Crippen molar-refractivity contribution in [2.45, 2.75) is 117 Å². The highest BCUT2D eigenvalue weighted by molar-refractivity contribution is 5.93. The van der Waals surface area contributed by atoms with Gasteiger partial charge in [0.1, 0.15) is 0 Å². The molecule has 4 heteroatoms. The Morgan fingerprint density at radius 1 is 0.606 bits per heavy atom. The van der Waals surface area contributed by atoms with E-state index in [9.17, 15) is 9.59 Å². The third kappa shape index (κ3) is 14.1. The molecule has 1 aromatic carbocycles. The number of hydrogen-bond acceptors (Lipinski definition) is 4. The van der Waals surface area contributed by atoms with Crippen molar-refractivity contribution in [3.63, 3.8) is 0 Å². The van der Waals surface area contributed by atoms with Crippen LogP contribution >= 0.6 is 0 Å². The zero-order chi connectivity index (χ0) is 24.2. The van der Waals surface area contributed by atoms with Gasteiger partial charge < -0.3 is 9.47 Å². The van der Waals surface area contributed by atoms with Crippen LogP contribution in [0.4, 0.5) is 0 Å². The summed E-state index contributed by atoms with van der Waals surface area (Å²) in [5.41, 5.74) is 0.940. The first-order chi connectivity index (χ1) is 16.1. The van der Waals surface area contributed by atoms with Crippen molar-refractivity contribution in [2.24, 2.45) is 5.92 Å². The van der Waals surface area contributed by atoms with Gasteiger partial charge in [-0.1, -0.05) is 111 Å². The largest absolute Gasteiger partial charge is 0.462 e. The van der Waals surface area contributed by atoms with Crippen LogP contribution in [-0.2, 0) is 9.47 Å². The average molecular weight is 461 g/mol. The lowest BCUT2D eigenvalue weighted by Gasteiger charge is -2.12. The van der Waals surface area contributed by atoms with Crippen LogP contribution in [0.5, 0.6) is 0 Å². The van der Waals surface area contributed by atoms with E-state index in [2.05, 4.69) is 20.8 Å². The van der Waals surface area contributed by atoms with Crippen LogP contribution in [-0.4, -0.2) is 25.2 Å². The van der Waals surface area contributed by atoms with Gasteiger partial charge in [0.2, 0.25) is 0 Å². The van der Waals surface area contributed by atoms with Crippen LogP contribution in [0.1, 0.15) is 138 Å². The molecule has 0 saturated carbocycles. The van der Waals surface area contributed by atoms with Gasteiger partial charge in [0.15, 0.2) is 0 Å². The summed E-state index contributed by atoms with van der Waals surface area (Å²) in [4.78, 5) is 24.3. The van der Waals surface area contributed by atoms with Crippen LogP contribution in [0.15, 0.2) is 24.3 Å². The molecule has 188 valence electrons. The molecule has 0 radical (unpaired) electrons. The summed E-state index contributed by atoms with van der Waals surface area (Å²) >= 11 is 0. The van der Waals surface area contributed by atoms with E-state index in [1.807, 2.05) is 0 Å². The van der Waals surface area contributed by atoms with Gasteiger partial charge >= 0.3 is 11.9 Å². The average Bonchev–Trinajstić information content (AvgIpc) is 2.84. The number of ether oxygens (including phenoxy) is 2. The quantitative estimate of drug-likeness (QED) is 0.144. The molecular formula is C29H48O4. The predicted molar refractivity (Wildman–Crippen MR) is 137 cm³/mol. The van der Waals surface area contributed by atoms with E-state index >= 15 is 0 Å². The zero-order valence-electron chi connectivity index (χ0n) is 21.5. The van der Waals surface area contributed by atoms with Crippen LogP contribution in [0.3, 0.4) is 0 Å². The summed E-state index contributed by atoms with van der Waals surface area (Å²) in [6.45, 7) is 7.35. The molecular weight excluding hydrogens is 412 g/mol. The molecule has 0 aromatic heterocycles. The molecule has 0 aliphatic carbocycles. The highest BCUT2D eigenvalue weighted by Gasteiger charge is 2.13. The van der Waals surface area contributed by atoms with Crippen molar-refractivity contribution in [1.29, 1.82) is 0 Å². The van der Waals surface area contributed by atoms with E-state index in [1.165, 1.54) is 70.6 Å². The number of carbonyl (C=O) groups excluding carboxylic acids is 2. The molecule has 0 N–H and O–H groups in total. The molecule has 0 spiro atoms. The number of rotatable bonds is 20. The van der Waals surface area contributed by atoms with Crippen LogP contribution in [0, 0.1) is 5.92 Å². The normalized spacial score (nSPS) is 11.0. The molecule has 0 unspecified atom stereocenters. The second kappa shape index (κ2) is 19.6.